The van der Waals surface area contributed by atoms with Crippen LogP contribution in [-0.2, 0) is 0 Å². The number of hydrogen-bond acceptors (Lipinski definition) is 5. The molecule has 1 aliphatic carbocycles. The van der Waals surface area contributed by atoms with Crippen LogP contribution >= 0.6 is 23.6 Å². The fourth-order valence-corrected chi connectivity index (χ4v) is 4.41. The van der Waals surface area contributed by atoms with Gasteiger partial charge in [0.1, 0.15) is 4.83 Å². The van der Waals surface area contributed by atoms with Crippen molar-refractivity contribution in [3.05, 3.63) is 23.1 Å². The Hall–Kier alpha value is -1.73. The fourth-order valence-electron chi connectivity index (χ4n) is 3.08. The van der Waals surface area contributed by atoms with Gasteiger partial charge in [-0.1, -0.05) is 12.8 Å². The summed E-state index contributed by atoms with van der Waals surface area (Å²) in [4.78, 5) is 6.29. The maximum Gasteiger partial charge on any atom is 0.195 e. The van der Waals surface area contributed by atoms with E-state index in [-0.39, 0.29) is 0 Å². The van der Waals surface area contributed by atoms with Crippen molar-refractivity contribution in [2.75, 3.05) is 5.73 Å². The summed E-state index contributed by atoms with van der Waals surface area (Å²) < 4.78 is 2.82. The van der Waals surface area contributed by atoms with Gasteiger partial charge in [0.2, 0.25) is 0 Å². The second kappa shape index (κ2) is 4.92. The number of H-pyrrole nitrogens is 1. The van der Waals surface area contributed by atoms with E-state index in [2.05, 4.69) is 19.7 Å². The summed E-state index contributed by atoms with van der Waals surface area (Å²) in [6.07, 6.45) is 6.60. The smallest absolute Gasteiger partial charge is 0.195 e. The zero-order valence-electron chi connectivity index (χ0n) is 11.4. The SMILES string of the molecule is Nc1c(-c2n[nH]c(=S)n2C2CCCC2)sc2ncccc12. The van der Waals surface area contributed by atoms with Crippen LogP contribution in [-0.4, -0.2) is 19.7 Å². The van der Waals surface area contributed by atoms with E-state index in [4.69, 9.17) is 18.0 Å². The maximum absolute atomic E-state index is 6.32. The van der Waals surface area contributed by atoms with Crippen LogP contribution in [0, 0.1) is 4.77 Å². The van der Waals surface area contributed by atoms with Crippen molar-refractivity contribution in [3.8, 4) is 10.7 Å². The van der Waals surface area contributed by atoms with Crippen molar-refractivity contribution in [2.45, 2.75) is 31.7 Å². The molecule has 3 aromatic heterocycles. The molecule has 0 amide bonds. The van der Waals surface area contributed by atoms with E-state index in [1.54, 1.807) is 17.5 Å². The number of anilines is 1. The Balaban J connectivity index is 1.93. The molecule has 0 spiro atoms. The van der Waals surface area contributed by atoms with Crippen LogP contribution in [0.3, 0.4) is 0 Å². The summed E-state index contributed by atoms with van der Waals surface area (Å²) >= 11 is 7.00. The molecule has 108 valence electrons. The van der Waals surface area contributed by atoms with Crippen molar-refractivity contribution < 1.29 is 0 Å². The summed E-state index contributed by atoms with van der Waals surface area (Å²) in [6, 6.07) is 4.34. The molecule has 0 radical (unpaired) electrons. The van der Waals surface area contributed by atoms with Gasteiger partial charge in [0.05, 0.1) is 10.6 Å². The summed E-state index contributed by atoms with van der Waals surface area (Å²) in [5, 5.41) is 8.36. The number of nitrogen functional groups attached to an aromatic ring is 1. The number of thiophene rings is 1. The monoisotopic (exact) mass is 317 g/mol. The predicted octanol–water partition coefficient (Wildman–Crippen LogP) is 3.91. The Labute approximate surface area is 130 Å². The Morgan fingerprint density at radius 1 is 1.38 bits per heavy atom. The first-order valence-electron chi connectivity index (χ1n) is 7.06. The normalized spacial score (nSPS) is 16.0. The molecule has 0 aliphatic heterocycles. The molecule has 21 heavy (non-hydrogen) atoms. The van der Waals surface area contributed by atoms with E-state index in [0.29, 0.717) is 10.8 Å². The second-order valence-corrected chi connectivity index (χ2v) is 6.75. The highest BCUT2D eigenvalue weighted by molar-refractivity contribution is 7.71. The second-order valence-electron chi connectivity index (χ2n) is 5.36. The Morgan fingerprint density at radius 3 is 2.95 bits per heavy atom. The van der Waals surface area contributed by atoms with Crippen molar-refractivity contribution in [1.82, 2.24) is 19.7 Å². The van der Waals surface area contributed by atoms with Gasteiger partial charge < -0.3 is 5.73 Å². The number of aromatic nitrogens is 4. The standard InChI is InChI=1S/C14H15N5S2/c15-10-9-6-3-7-16-13(9)21-11(10)12-17-18-14(20)19(12)8-4-1-2-5-8/h3,6-8H,1-2,4-5,15H2,(H,18,20). The predicted molar refractivity (Wildman–Crippen MR) is 87.9 cm³/mol. The number of aromatic amines is 1. The zero-order chi connectivity index (χ0) is 14.4. The minimum Gasteiger partial charge on any atom is -0.397 e. The molecule has 3 aromatic rings. The first-order valence-corrected chi connectivity index (χ1v) is 8.28. The van der Waals surface area contributed by atoms with Crippen molar-refractivity contribution in [2.24, 2.45) is 0 Å². The maximum atomic E-state index is 6.32. The van der Waals surface area contributed by atoms with Crippen LogP contribution in [0.5, 0.6) is 0 Å². The highest BCUT2D eigenvalue weighted by Gasteiger charge is 2.24. The van der Waals surface area contributed by atoms with Crippen molar-refractivity contribution in [1.29, 1.82) is 0 Å². The van der Waals surface area contributed by atoms with Crippen LogP contribution in [0.25, 0.3) is 20.9 Å². The van der Waals surface area contributed by atoms with Gasteiger partial charge >= 0.3 is 0 Å². The summed E-state index contributed by atoms with van der Waals surface area (Å²) in [5.41, 5.74) is 7.06. The largest absolute Gasteiger partial charge is 0.397 e. The van der Waals surface area contributed by atoms with Crippen LogP contribution < -0.4 is 5.73 Å². The number of nitrogens with two attached hydrogens (primary N) is 1. The molecule has 1 fully saturated rings. The lowest BCUT2D eigenvalue weighted by atomic mass is 10.2. The molecule has 0 unspecified atom stereocenters. The van der Waals surface area contributed by atoms with Gasteiger partial charge in [0, 0.05) is 17.6 Å². The average molecular weight is 317 g/mol. The molecule has 0 aromatic carbocycles. The Bertz CT molecular complexity index is 854. The van der Waals surface area contributed by atoms with Gasteiger partial charge in [-0.05, 0) is 37.2 Å². The summed E-state index contributed by atoms with van der Waals surface area (Å²) in [5.74, 6) is 0.854. The van der Waals surface area contributed by atoms with Crippen LogP contribution in [0.2, 0.25) is 0 Å². The average Bonchev–Trinajstić information content (AvgIpc) is 3.19. The van der Waals surface area contributed by atoms with Crippen LogP contribution in [0.1, 0.15) is 31.7 Å². The number of rotatable bonds is 2. The van der Waals surface area contributed by atoms with Crippen molar-refractivity contribution in [3.63, 3.8) is 0 Å². The number of hydrogen-bond donors (Lipinski definition) is 2. The molecule has 4 rings (SSSR count). The quantitative estimate of drug-likeness (QED) is 0.703. The first-order chi connectivity index (χ1) is 10.3. The molecule has 3 N–H and O–H groups in total. The number of fused-ring (bicyclic) bond motifs is 1. The highest BCUT2D eigenvalue weighted by atomic mass is 32.1. The third-order valence-corrected chi connectivity index (χ3v) is 5.52. The molecular weight excluding hydrogens is 302 g/mol. The topological polar surface area (TPSA) is 72.5 Å². The lowest BCUT2D eigenvalue weighted by Gasteiger charge is -2.13. The van der Waals surface area contributed by atoms with Gasteiger partial charge in [-0.3, -0.25) is 9.67 Å². The van der Waals surface area contributed by atoms with Crippen LogP contribution in [0.4, 0.5) is 5.69 Å². The van der Waals surface area contributed by atoms with Gasteiger partial charge in [-0.15, -0.1) is 11.3 Å². The minimum absolute atomic E-state index is 0.434. The van der Waals surface area contributed by atoms with Crippen molar-refractivity contribution >= 4 is 39.5 Å². The lowest BCUT2D eigenvalue weighted by molar-refractivity contribution is 0.517. The molecule has 3 heterocycles. The van der Waals surface area contributed by atoms with Gasteiger partial charge in [-0.2, -0.15) is 5.10 Å². The molecule has 0 atom stereocenters. The van der Waals surface area contributed by atoms with Crippen LogP contribution in [0.15, 0.2) is 18.3 Å². The zero-order valence-corrected chi connectivity index (χ0v) is 13.0. The fraction of sp³-hybridized carbons (Fsp3) is 0.357. The van der Waals surface area contributed by atoms with E-state index in [0.717, 1.165) is 39.4 Å². The molecule has 0 saturated heterocycles. The molecule has 1 saturated carbocycles. The minimum atomic E-state index is 0.434. The van der Waals surface area contributed by atoms with Gasteiger partial charge in [0.15, 0.2) is 10.6 Å². The highest BCUT2D eigenvalue weighted by Crippen LogP contribution is 2.41. The summed E-state index contributed by atoms with van der Waals surface area (Å²) in [6.45, 7) is 0. The Kier molecular flexibility index (Phi) is 3.04. The molecule has 7 heteroatoms. The van der Waals surface area contributed by atoms with E-state index in [9.17, 15) is 0 Å². The number of nitrogens with one attached hydrogen (secondary N) is 1. The van der Waals surface area contributed by atoms with Gasteiger partial charge in [-0.25, -0.2) is 4.98 Å². The molecule has 5 nitrogen and oxygen atoms in total. The van der Waals surface area contributed by atoms with Gasteiger partial charge in [0.25, 0.3) is 0 Å². The molecule has 0 bridgehead atoms. The molecular formula is C14H15N5S2. The summed E-state index contributed by atoms with van der Waals surface area (Å²) in [7, 11) is 0. The third kappa shape index (κ3) is 1.99. The molecule has 1 aliphatic rings. The number of nitrogens with zero attached hydrogens (tertiary/aromatic N) is 3. The van der Waals surface area contributed by atoms with E-state index < -0.39 is 0 Å². The van der Waals surface area contributed by atoms with E-state index >= 15 is 0 Å². The third-order valence-electron chi connectivity index (χ3n) is 4.10. The van der Waals surface area contributed by atoms with E-state index in [1.165, 1.54) is 12.8 Å². The Morgan fingerprint density at radius 2 is 2.19 bits per heavy atom. The number of pyridine rings is 1. The first kappa shape index (κ1) is 13.0. The lowest BCUT2D eigenvalue weighted by Crippen LogP contribution is -2.07. The van der Waals surface area contributed by atoms with E-state index in [1.807, 2.05) is 12.1 Å².